The Bertz CT molecular complexity index is 570. The number of aromatic nitrogens is 1. The third-order valence-electron chi connectivity index (χ3n) is 2.81. The second-order valence-corrected chi connectivity index (χ2v) is 4.13. The monoisotopic (exact) mass is 246 g/mol. The first kappa shape index (κ1) is 12.5. The van der Waals surface area contributed by atoms with Crippen molar-refractivity contribution in [3.05, 3.63) is 53.0 Å². The van der Waals surface area contributed by atoms with Gasteiger partial charge in [0, 0.05) is 24.4 Å². The number of nitrogens with two attached hydrogens (primary N) is 1. The molecule has 0 aliphatic rings. The summed E-state index contributed by atoms with van der Waals surface area (Å²) in [5, 5.41) is 0. The molecule has 2 rings (SSSR count). The van der Waals surface area contributed by atoms with Gasteiger partial charge in [-0.05, 0) is 37.1 Å². The summed E-state index contributed by atoms with van der Waals surface area (Å²) in [5.74, 6) is 0.557. The van der Waals surface area contributed by atoms with Crippen LogP contribution in [0.2, 0.25) is 0 Å². The highest BCUT2D eigenvalue weighted by Crippen LogP contribution is 2.26. The van der Waals surface area contributed by atoms with Crippen molar-refractivity contribution in [1.29, 1.82) is 0 Å². The molecule has 1 aromatic carbocycles. The Labute approximate surface area is 105 Å². The number of halogens is 1. The topological polar surface area (TPSA) is 48.1 Å². The minimum absolute atomic E-state index is 0.297. The molecular weight excluding hydrogens is 231 g/mol. The molecule has 0 saturated heterocycles. The lowest BCUT2D eigenvalue weighted by Gasteiger charge is -2.11. The van der Waals surface area contributed by atoms with Crippen molar-refractivity contribution in [2.75, 3.05) is 0 Å². The summed E-state index contributed by atoms with van der Waals surface area (Å²) in [6.07, 6.45) is 1.65. The van der Waals surface area contributed by atoms with E-state index in [1.165, 1.54) is 6.07 Å². The van der Waals surface area contributed by atoms with E-state index in [9.17, 15) is 4.39 Å². The van der Waals surface area contributed by atoms with Crippen molar-refractivity contribution < 1.29 is 9.13 Å². The van der Waals surface area contributed by atoms with E-state index in [1.54, 1.807) is 25.3 Å². The van der Waals surface area contributed by atoms with E-state index in [0.29, 0.717) is 23.7 Å². The van der Waals surface area contributed by atoms with Crippen LogP contribution in [0.1, 0.15) is 16.7 Å². The fraction of sp³-hybridized carbons (Fsp3) is 0.214. The first-order chi connectivity index (χ1) is 8.61. The largest absolute Gasteiger partial charge is 0.439 e. The van der Waals surface area contributed by atoms with Gasteiger partial charge in [-0.25, -0.2) is 9.37 Å². The van der Waals surface area contributed by atoms with Gasteiger partial charge in [0.15, 0.2) is 0 Å². The number of hydrogen-bond acceptors (Lipinski definition) is 3. The van der Waals surface area contributed by atoms with Gasteiger partial charge in [-0.1, -0.05) is 6.07 Å². The summed E-state index contributed by atoms with van der Waals surface area (Å²) in [4.78, 5) is 4.13. The van der Waals surface area contributed by atoms with E-state index in [2.05, 4.69) is 4.98 Å². The Morgan fingerprint density at radius 1 is 1.22 bits per heavy atom. The highest BCUT2D eigenvalue weighted by Gasteiger charge is 2.09. The van der Waals surface area contributed by atoms with Crippen LogP contribution >= 0.6 is 0 Å². The summed E-state index contributed by atoms with van der Waals surface area (Å²) in [5.41, 5.74) is 8.09. The van der Waals surface area contributed by atoms with Gasteiger partial charge in [-0.3, -0.25) is 0 Å². The number of hydrogen-bond donors (Lipinski definition) is 1. The average Bonchev–Trinajstić information content (AvgIpc) is 2.34. The van der Waals surface area contributed by atoms with Crippen molar-refractivity contribution in [1.82, 2.24) is 4.98 Å². The predicted molar refractivity (Wildman–Crippen MR) is 68.1 cm³/mol. The van der Waals surface area contributed by atoms with Gasteiger partial charge in [-0.2, -0.15) is 0 Å². The van der Waals surface area contributed by atoms with Crippen LogP contribution in [0, 0.1) is 19.7 Å². The molecule has 2 N–H and O–H groups in total. The van der Waals surface area contributed by atoms with E-state index in [0.717, 1.165) is 11.1 Å². The van der Waals surface area contributed by atoms with Crippen molar-refractivity contribution in [3.8, 4) is 11.6 Å². The van der Waals surface area contributed by atoms with Gasteiger partial charge in [-0.15, -0.1) is 0 Å². The van der Waals surface area contributed by atoms with Gasteiger partial charge in [0.2, 0.25) is 5.88 Å². The maximum Gasteiger partial charge on any atom is 0.223 e. The molecule has 0 unspecified atom stereocenters. The quantitative estimate of drug-likeness (QED) is 0.905. The molecule has 1 aromatic heterocycles. The fourth-order valence-electron chi connectivity index (χ4n) is 1.65. The minimum atomic E-state index is -0.297. The van der Waals surface area contributed by atoms with E-state index in [4.69, 9.17) is 10.5 Å². The third-order valence-corrected chi connectivity index (χ3v) is 2.81. The Kier molecular flexibility index (Phi) is 3.58. The molecule has 4 heteroatoms. The number of rotatable bonds is 3. The lowest BCUT2D eigenvalue weighted by molar-refractivity contribution is 0.450. The van der Waals surface area contributed by atoms with Crippen molar-refractivity contribution in [3.63, 3.8) is 0 Å². The smallest absolute Gasteiger partial charge is 0.223 e. The zero-order chi connectivity index (χ0) is 13.1. The zero-order valence-corrected chi connectivity index (χ0v) is 10.4. The summed E-state index contributed by atoms with van der Waals surface area (Å²) in [7, 11) is 0. The van der Waals surface area contributed by atoms with Crippen molar-refractivity contribution >= 4 is 0 Å². The van der Waals surface area contributed by atoms with E-state index in [-0.39, 0.29) is 5.82 Å². The van der Waals surface area contributed by atoms with Crippen LogP contribution < -0.4 is 10.5 Å². The molecular formula is C14H15FN2O. The molecule has 0 atom stereocenters. The minimum Gasteiger partial charge on any atom is -0.439 e. The van der Waals surface area contributed by atoms with Crippen molar-refractivity contribution in [2.24, 2.45) is 5.73 Å². The molecule has 1 heterocycles. The lowest BCUT2D eigenvalue weighted by atomic mass is 10.1. The Hall–Kier alpha value is -1.94. The normalized spacial score (nSPS) is 10.4. The van der Waals surface area contributed by atoms with Crippen molar-refractivity contribution in [2.45, 2.75) is 20.4 Å². The van der Waals surface area contributed by atoms with E-state index in [1.807, 2.05) is 13.0 Å². The molecule has 0 amide bonds. The molecule has 94 valence electrons. The Balaban J connectivity index is 2.34. The van der Waals surface area contributed by atoms with Crippen LogP contribution in [0.15, 0.2) is 30.5 Å². The van der Waals surface area contributed by atoms with Gasteiger partial charge >= 0.3 is 0 Å². The summed E-state index contributed by atoms with van der Waals surface area (Å²) in [6.45, 7) is 3.98. The average molecular weight is 246 g/mol. The van der Waals surface area contributed by atoms with Gasteiger partial charge in [0.05, 0.1) is 0 Å². The number of ether oxygens (including phenoxy) is 1. The molecule has 0 radical (unpaired) electrons. The van der Waals surface area contributed by atoms with Crippen LogP contribution in [-0.4, -0.2) is 4.98 Å². The number of pyridine rings is 1. The Morgan fingerprint density at radius 3 is 2.67 bits per heavy atom. The molecule has 0 fully saturated rings. The van der Waals surface area contributed by atoms with Gasteiger partial charge in [0.25, 0.3) is 0 Å². The van der Waals surface area contributed by atoms with Crippen LogP contribution in [0.4, 0.5) is 4.39 Å². The highest BCUT2D eigenvalue weighted by molar-refractivity contribution is 5.37. The van der Waals surface area contributed by atoms with Crippen LogP contribution in [0.25, 0.3) is 0 Å². The van der Waals surface area contributed by atoms with Crippen LogP contribution in [0.3, 0.4) is 0 Å². The first-order valence-electron chi connectivity index (χ1n) is 5.70. The molecule has 18 heavy (non-hydrogen) atoms. The van der Waals surface area contributed by atoms with Crippen LogP contribution in [0.5, 0.6) is 11.6 Å². The van der Waals surface area contributed by atoms with Crippen LogP contribution in [-0.2, 0) is 6.54 Å². The molecule has 0 spiro atoms. The number of benzene rings is 1. The summed E-state index contributed by atoms with van der Waals surface area (Å²) in [6, 6.07) is 6.59. The second kappa shape index (κ2) is 5.14. The predicted octanol–water partition coefficient (Wildman–Crippen LogP) is 3.09. The second-order valence-electron chi connectivity index (χ2n) is 4.13. The third kappa shape index (κ3) is 2.49. The number of nitrogens with zero attached hydrogens (tertiary/aromatic N) is 1. The SMILES string of the molecule is Cc1ccc(Oc2nccc(C)c2CN)cc1F. The Morgan fingerprint density at radius 2 is 2.00 bits per heavy atom. The van der Waals surface area contributed by atoms with E-state index >= 15 is 0 Å². The summed E-state index contributed by atoms with van der Waals surface area (Å²) < 4.78 is 19.0. The zero-order valence-electron chi connectivity index (χ0n) is 10.4. The molecule has 2 aromatic rings. The first-order valence-corrected chi connectivity index (χ1v) is 5.70. The maximum absolute atomic E-state index is 13.4. The summed E-state index contributed by atoms with van der Waals surface area (Å²) >= 11 is 0. The molecule has 3 nitrogen and oxygen atoms in total. The van der Waals surface area contributed by atoms with E-state index < -0.39 is 0 Å². The van der Waals surface area contributed by atoms with Gasteiger partial charge < -0.3 is 10.5 Å². The number of aryl methyl sites for hydroxylation is 2. The van der Waals surface area contributed by atoms with Gasteiger partial charge in [0.1, 0.15) is 11.6 Å². The molecule has 0 bridgehead atoms. The maximum atomic E-state index is 13.4. The molecule has 0 saturated carbocycles. The molecule has 0 aliphatic heterocycles. The standard InChI is InChI=1S/C14H15FN2O/c1-9-5-6-17-14(12(9)8-16)18-11-4-3-10(2)13(15)7-11/h3-7H,8,16H2,1-2H3. The highest BCUT2D eigenvalue weighted by atomic mass is 19.1. The fourth-order valence-corrected chi connectivity index (χ4v) is 1.65. The lowest BCUT2D eigenvalue weighted by Crippen LogP contribution is -2.03. The molecule has 0 aliphatic carbocycles.